The summed E-state index contributed by atoms with van der Waals surface area (Å²) < 4.78 is 10.2. The van der Waals surface area contributed by atoms with Gasteiger partial charge in [0.1, 0.15) is 5.15 Å². The molecule has 0 amide bonds. The Morgan fingerprint density at radius 2 is 1.82 bits per heavy atom. The largest absolute Gasteiger partial charge is 0.383 e. The normalized spacial score (nSPS) is 11.1. The van der Waals surface area contributed by atoms with Gasteiger partial charge in [0.05, 0.1) is 13.2 Å². The van der Waals surface area contributed by atoms with Crippen LogP contribution in [0.15, 0.2) is 18.3 Å². The second-order valence-corrected chi connectivity index (χ2v) is 4.14. The van der Waals surface area contributed by atoms with Crippen molar-refractivity contribution < 1.29 is 9.47 Å². The lowest BCUT2D eigenvalue weighted by atomic mass is 10.2. The zero-order valence-electron chi connectivity index (χ0n) is 10.4. The van der Waals surface area contributed by atoms with Crippen LogP contribution < -0.4 is 0 Å². The summed E-state index contributed by atoms with van der Waals surface area (Å²) in [5.74, 6) is 0. The first-order valence-electron chi connectivity index (χ1n) is 5.57. The van der Waals surface area contributed by atoms with Crippen LogP contribution in [0.5, 0.6) is 0 Å². The summed E-state index contributed by atoms with van der Waals surface area (Å²) in [5.41, 5.74) is 1.14. The molecule has 0 bridgehead atoms. The van der Waals surface area contributed by atoms with E-state index in [2.05, 4.69) is 9.88 Å². The van der Waals surface area contributed by atoms with Crippen LogP contribution in [0.3, 0.4) is 0 Å². The number of halogens is 1. The van der Waals surface area contributed by atoms with Gasteiger partial charge in [0.25, 0.3) is 0 Å². The number of methoxy groups -OCH3 is 2. The van der Waals surface area contributed by atoms with Crippen molar-refractivity contribution in [2.45, 2.75) is 6.54 Å². The molecule has 0 saturated heterocycles. The van der Waals surface area contributed by atoms with Crippen LogP contribution in [0.4, 0.5) is 0 Å². The average molecular weight is 259 g/mol. The van der Waals surface area contributed by atoms with Gasteiger partial charge in [-0.25, -0.2) is 4.98 Å². The summed E-state index contributed by atoms with van der Waals surface area (Å²) in [6.45, 7) is 4.01. The molecule has 0 saturated carbocycles. The topological polar surface area (TPSA) is 34.6 Å². The van der Waals surface area contributed by atoms with Crippen molar-refractivity contribution in [1.29, 1.82) is 0 Å². The molecule has 0 aromatic carbocycles. The quantitative estimate of drug-likeness (QED) is 0.667. The van der Waals surface area contributed by atoms with E-state index in [1.807, 2.05) is 12.1 Å². The second-order valence-electron chi connectivity index (χ2n) is 3.75. The minimum absolute atomic E-state index is 0.522. The molecule has 1 rings (SSSR count). The van der Waals surface area contributed by atoms with E-state index < -0.39 is 0 Å². The number of hydrogen-bond donors (Lipinski definition) is 0. The molecule has 0 fully saturated rings. The van der Waals surface area contributed by atoms with Crippen LogP contribution in [0, 0.1) is 0 Å². The maximum Gasteiger partial charge on any atom is 0.129 e. The van der Waals surface area contributed by atoms with Crippen molar-refractivity contribution in [1.82, 2.24) is 9.88 Å². The summed E-state index contributed by atoms with van der Waals surface area (Å²) in [6.07, 6.45) is 1.80. The molecule has 0 aliphatic rings. The van der Waals surface area contributed by atoms with E-state index >= 15 is 0 Å². The van der Waals surface area contributed by atoms with Gasteiger partial charge in [-0.3, -0.25) is 4.90 Å². The van der Waals surface area contributed by atoms with Crippen molar-refractivity contribution in [3.63, 3.8) is 0 Å². The van der Waals surface area contributed by atoms with E-state index in [4.69, 9.17) is 21.1 Å². The molecule has 4 nitrogen and oxygen atoms in total. The lowest BCUT2D eigenvalue weighted by Crippen LogP contribution is -2.30. The molecule has 0 aliphatic heterocycles. The smallest absolute Gasteiger partial charge is 0.129 e. The number of ether oxygens (including phenoxy) is 2. The summed E-state index contributed by atoms with van der Waals surface area (Å²) in [7, 11) is 3.41. The van der Waals surface area contributed by atoms with Gasteiger partial charge in [-0.1, -0.05) is 17.7 Å². The number of rotatable bonds is 8. The monoisotopic (exact) mass is 258 g/mol. The molecule has 17 heavy (non-hydrogen) atoms. The maximum absolute atomic E-state index is 5.75. The molecule has 1 heterocycles. The van der Waals surface area contributed by atoms with Gasteiger partial charge >= 0.3 is 0 Å². The third-order valence-electron chi connectivity index (χ3n) is 2.42. The third kappa shape index (κ3) is 5.98. The Bertz CT molecular complexity index is 298. The van der Waals surface area contributed by atoms with E-state index in [9.17, 15) is 0 Å². The number of aromatic nitrogens is 1. The van der Waals surface area contributed by atoms with Crippen molar-refractivity contribution >= 4 is 11.6 Å². The highest BCUT2D eigenvalue weighted by atomic mass is 35.5. The summed E-state index contributed by atoms with van der Waals surface area (Å²) >= 11 is 5.75. The molecular formula is C12H19ClN2O2. The summed E-state index contributed by atoms with van der Waals surface area (Å²) in [6, 6.07) is 3.80. The van der Waals surface area contributed by atoms with E-state index in [1.165, 1.54) is 0 Å². The van der Waals surface area contributed by atoms with Crippen molar-refractivity contribution in [3.8, 4) is 0 Å². The molecule has 0 N–H and O–H groups in total. The lowest BCUT2D eigenvalue weighted by Gasteiger charge is -2.21. The van der Waals surface area contributed by atoms with Gasteiger partial charge < -0.3 is 9.47 Å². The van der Waals surface area contributed by atoms with Crippen molar-refractivity contribution in [2.24, 2.45) is 0 Å². The van der Waals surface area contributed by atoms with Crippen LogP contribution in [-0.4, -0.2) is 50.4 Å². The standard InChI is InChI=1S/C12H19ClN2O2/c1-16-7-5-15(6-8-17-2)10-11-3-4-12(13)14-9-11/h3-4,9H,5-8,10H2,1-2H3. The van der Waals surface area contributed by atoms with Crippen LogP contribution in [0.1, 0.15) is 5.56 Å². The van der Waals surface area contributed by atoms with Crippen molar-refractivity contribution in [3.05, 3.63) is 29.0 Å². The molecule has 0 atom stereocenters. The summed E-state index contributed by atoms with van der Waals surface area (Å²) in [4.78, 5) is 6.33. The van der Waals surface area contributed by atoms with Crippen molar-refractivity contribution in [2.75, 3.05) is 40.5 Å². The average Bonchev–Trinajstić information content (AvgIpc) is 2.35. The fourth-order valence-corrected chi connectivity index (χ4v) is 1.58. The van der Waals surface area contributed by atoms with E-state index in [0.717, 1.165) is 25.2 Å². The minimum atomic E-state index is 0.522. The Labute approximate surface area is 107 Å². The van der Waals surface area contributed by atoms with Gasteiger partial charge in [0.15, 0.2) is 0 Å². The molecular weight excluding hydrogens is 240 g/mol. The predicted octanol–water partition coefficient (Wildman–Crippen LogP) is 1.83. The van der Waals surface area contributed by atoms with E-state index in [-0.39, 0.29) is 0 Å². The molecule has 1 aromatic rings. The third-order valence-corrected chi connectivity index (χ3v) is 2.64. The highest BCUT2D eigenvalue weighted by Gasteiger charge is 2.05. The Balaban J connectivity index is 2.48. The first-order valence-corrected chi connectivity index (χ1v) is 5.94. The Kier molecular flexibility index (Phi) is 7.12. The zero-order valence-corrected chi connectivity index (χ0v) is 11.1. The van der Waals surface area contributed by atoms with Crippen LogP contribution in [0.2, 0.25) is 5.15 Å². The SMILES string of the molecule is COCCN(CCOC)Cc1ccc(Cl)nc1. The minimum Gasteiger partial charge on any atom is -0.383 e. The number of pyridine rings is 1. The molecule has 0 spiro atoms. The summed E-state index contributed by atoms with van der Waals surface area (Å²) in [5, 5.41) is 0.522. The van der Waals surface area contributed by atoms with E-state index in [0.29, 0.717) is 18.4 Å². The van der Waals surface area contributed by atoms with Crippen LogP contribution in [-0.2, 0) is 16.0 Å². The molecule has 0 aliphatic carbocycles. The van der Waals surface area contributed by atoms with Gasteiger partial charge in [-0.15, -0.1) is 0 Å². The van der Waals surface area contributed by atoms with Gasteiger partial charge in [0.2, 0.25) is 0 Å². The number of nitrogens with zero attached hydrogens (tertiary/aromatic N) is 2. The van der Waals surface area contributed by atoms with Gasteiger partial charge in [-0.2, -0.15) is 0 Å². The highest BCUT2D eigenvalue weighted by molar-refractivity contribution is 6.29. The van der Waals surface area contributed by atoms with E-state index in [1.54, 1.807) is 20.4 Å². The Morgan fingerprint density at radius 3 is 2.29 bits per heavy atom. The number of hydrogen-bond acceptors (Lipinski definition) is 4. The fourth-order valence-electron chi connectivity index (χ4n) is 1.47. The predicted molar refractivity (Wildman–Crippen MR) is 68.3 cm³/mol. The molecule has 0 unspecified atom stereocenters. The molecule has 0 radical (unpaired) electrons. The van der Waals surface area contributed by atoms with Crippen LogP contribution >= 0.6 is 11.6 Å². The first-order chi connectivity index (χ1) is 8.26. The first kappa shape index (κ1) is 14.4. The lowest BCUT2D eigenvalue weighted by molar-refractivity contribution is 0.110. The van der Waals surface area contributed by atoms with Gasteiger partial charge in [0, 0.05) is 40.1 Å². The highest BCUT2D eigenvalue weighted by Crippen LogP contribution is 2.07. The molecule has 1 aromatic heterocycles. The van der Waals surface area contributed by atoms with Crippen LogP contribution in [0.25, 0.3) is 0 Å². The Hall–Kier alpha value is -0.680. The fraction of sp³-hybridized carbons (Fsp3) is 0.583. The Morgan fingerprint density at radius 1 is 1.18 bits per heavy atom. The zero-order chi connectivity index (χ0) is 12.5. The van der Waals surface area contributed by atoms with Gasteiger partial charge in [-0.05, 0) is 11.6 Å². The molecule has 96 valence electrons. The second kappa shape index (κ2) is 8.42. The molecule has 5 heteroatoms. The maximum atomic E-state index is 5.75.